The van der Waals surface area contributed by atoms with Crippen molar-refractivity contribution in [3.63, 3.8) is 0 Å². The Morgan fingerprint density at radius 1 is 1.40 bits per heavy atom. The van der Waals surface area contributed by atoms with Crippen molar-refractivity contribution in [3.8, 4) is 0 Å². The van der Waals surface area contributed by atoms with E-state index in [1.165, 1.54) is 4.88 Å². The molecule has 1 heterocycles. The third-order valence-corrected chi connectivity index (χ3v) is 2.39. The second-order valence-electron chi connectivity index (χ2n) is 2.06. The first-order valence-electron chi connectivity index (χ1n) is 3.25. The first-order valence-corrected chi connectivity index (χ1v) is 4.07. The molecule has 1 rings (SSSR count). The Morgan fingerprint density at radius 2 is 2.10 bits per heavy atom. The molecule has 0 amide bonds. The molecular formula is C7H11NOS. The highest BCUT2D eigenvalue weighted by molar-refractivity contribution is 7.11. The van der Waals surface area contributed by atoms with Crippen LogP contribution in [0.2, 0.25) is 0 Å². The molecule has 0 saturated heterocycles. The van der Waals surface area contributed by atoms with Crippen molar-refractivity contribution in [2.75, 3.05) is 6.54 Å². The fourth-order valence-electron chi connectivity index (χ4n) is 0.784. The van der Waals surface area contributed by atoms with Gasteiger partial charge in [0.2, 0.25) is 0 Å². The standard InChI is InChI=1S/C7H11NOS/c8-4-3-6-1-2-7(5-9)10-6/h1-2,9H,3-5,8H2. The van der Waals surface area contributed by atoms with Crippen molar-refractivity contribution < 1.29 is 5.11 Å². The van der Waals surface area contributed by atoms with E-state index < -0.39 is 0 Å². The minimum atomic E-state index is 0.148. The molecule has 0 aliphatic rings. The lowest BCUT2D eigenvalue weighted by atomic mass is 10.3. The summed E-state index contributed by atoms with van der Waals surface area (Å²) in [5, 5.41) is 8.70. The zero-order valence-electron chi connectivity index (χ0n) is 5.71. The van der Waals surface area contributed by atoms with Gasteiger partial charge in [-0.1, -0.05) is 0 Å². The van der Waals surface area contributed by atoms with Crippen molar-refractivity contribution in [2.45, 2.75) is 13.0 Å². The summed E-state index contributed by atoms with van der Waals surface area (Å²) in [6.07, 6.45) is 0.921. The lowest BCUT2D eigenvalue weighted by Gasteiger charge is -1.88. The Bertz CT molecular complexity index is 197. The van der Waals surface area contributed by atoms with Gasteiger partial charge < -0.3 is 10.8 Å². The van der Waals surface area contributed by atoms with Crippen LogP contribution >= 0.6 is 11.3 Å². The highest BCUT2D eigenvalue weighted by Gasteiger charge is 1.96. The third-order valence-electron chi connectivity index (χ3n) is 1.26. The summed E-state index contributed by atoms with van der Waals surface area (Å²) in [5.74, 6) is 0. The Kier molecular flexibility index (Phi) is 2.86. The maximum Gasteiger partial charge on any atom is 0.0774 e. The molecule has 10 heavy (non-hydrogen) atoms. The van der Waals surface area contributed by atoms with Crippen LogP contribution < -0.4 is 5.73 Å². The first kappa shape index (κ1) is 7.72. The van der Waals surface area contributed by atoms with Gasteiger partial charge in [0.25, 0.3) is 0 Å². The zero-order valence-corrected chi connectivity index (χ0v) is 6.53. The molecule has 0 fully saturated rings. The molecule has 0 spiro atoms. The van der Waals surface area contributed by atoms with Crippen molar-refractivity contribution in [2.24, 2.45) is 5.73 Å². The van der Waals surface area contributed by atoms with Crippen molar-refractivity contribution in [1.82, 2.24) is 0 Å². The lowest BCUT2D eigenvalue weighted by Crippen LogP contribution is -2.00. The van der Waals surface area contributed by atoms with Crippen LogP contribution in [0.1, 0.15) is 9.75 Å². The van der Waals surface area contributed by atoms with E-state index in [9.17, 15) is 0 Å². The van der Waals surface area contributed by atoms with Gasteiger partial charge in [0.05, 0.1) is 6.61 Å². The second-order valence-corrected chi connectivity index (χ2v) is 3.32. The van der Waals surface area contributed by atoms with E-state index in [0.29, 0.717) is 6.54 Å². The Balaban J connectivity index is 2.59. The summed E-state index contributed by atoms with van der Waals surface area (Å²) < 4.78 is 0. The van der Waals surface area contributed by atoms with Gasteiger partial charge in [0.15, 0.2) is 0 Å². The van der Waals surface area contributed by atoms with Crippen LogP contribution in [0.4, 0.5) is 0 Å². The number of thiophene rings is 1. The summed E-state index contributed by atoms with van der Waals surface area (Å²) >= 11 is 1.63. The maximum atomic E-state index is 8.70. The van der Waals surface area contributed by atoms with Crippen molar-refractivity contribution >= 4 is 11.3 Å². The molecule has 0 bridgehead atoms. The number of aliphatic hydroxyl groups is 1. The van der Waals surface area contributed by atoms with E-state index in [1.54, 1.807) is 11.3 Å². The first-order chi connectivity index (χ1) is 4.86. The average Bonchev–Trinajstić information content (AvgIpc) is 2.37. The van der Waals surface area contributed by atoms with Gasteiger partial charge in [0, 0.05) is 9.75 Å². The van der Waals surface area contributed by atoms with Crippen LogP contribution in [0.15, 0.2) is 12.1 Å². The van der Waals surface area contributed by atoms with Gasteiger partial charge in [-0.15, -0.1) is 11.3 Å². The molecular weight excluding hydrogens is 146 g/mol. The fraction of sp³-hybridized carbons (Fsp3) is 0.429. The SMILES string of the molecule is NCCc1ccc(CO)s1. The molecule has 0 unspecified atom stereocenters. The van der Waals surface area contributed by atoms with Gasteiger partial charge >= 0.3 is 0 Å². The predicted molar refractivity (Wildman–Crippen MR) is 43.0 cm³/mol. The minimum Gasteiger partial charge on any atom is -0.391 e. The summed E-state index contributed by atoms with van der Waals surface area (Å²) in [4.78, 5) is 2.27. The Morgan fingerprint density at radius 3 is 2.60 bits per heavy atom. The number of nitrogens with two attached hydrogens (primary N) is 1. The molecule has 1 aromatic heterocycles. The summed E-state index contributed by atoms with van der Waals surface area (Å²) in [6, 6.07) is 3.96. The number of hydrogen-bond donors (Lipinski definition) is 2. The van der Waals surface area contributed by atoms with Gasteiger partial charge in [-0.2, -0.15) is 0 Å². The highest BCUT2D eigenvalue weighted by atomic mass is 32.1. The van der Waals surface area contributed by atoms with Gasteiger partial charge in [-0.05, 0) is 25.1 Å². The summed E-state index contributed by atoms with van der Waals surface area (Å²) in [5.41, 5.74) is 5.36. The summed E-state index contributed by atoms with van der Waals surface area (Å²) in [6.45, 7) is 0.834. The third kappa shape index (κ3) is 1.80. The topological polar surface area (TPSA) is 46.2 Å². The van der Waals surface area contributed by atoms with Crippen LogP contribution in [0, 0.1) is 0 Å². The van der Waals surface area contributed by atoms with Gasteiger partial charge in [-0.3, -0.25) is 0 Å². The molecule has 1 aromatic rings. The zero-order chi connectivity index (χ0) is 7.40. The quantitative estimate of drug-likeness (QED) is 0.680. The van der Waals surface area contributed by atoms with Crippen LogP contribution in [-0.4, -0.2) is 11.7 Å². The lowest BCUT2D eigenvalue weighted by molar-refractivity contribution is 0.285. The van der Waals surface area contributed by atoms with Crippen LogP contribution in [-0.2, 0) is 13.0 Å². The van der Waals surface area contributed by atoms with E-state index >= 15 is 0 Å². The second kappa shape index (κ2) is 3.71. The monoisotopic (exact) mass is 157 g/mol. The molecule has 0 aliphatic heterocycles. The molecule has 0 radical (unpaired) electrons. The largest absolute Gasteiger partial charge is 0.391 e. The predicted octanol–water partition coefficient (Wildman–Crippen LogP) is 0.742. The molecule has 3 N–H and O–H groups in total. The van der Waals surface area contributed by atoms with Crippen LogP contribution in [0.3, 0.4) is 0 Å². The molecule has 56 valence electrons. The van der Waals surface area contributed by atoms with Crippen LogP contribution in [0.5, 0.6) is 0 Å². The molecule has 0 atom stereocenters. The average molecular weight is 157 g/mol. The van der Waals surface area contributed by atoms with E-state index in [2.05, 4.69) is 0 Å². The molecule has 0 saturated carbocycles. The highest BCUT2D eigenvalue weighted by Crippen LogP contribution is 2.15. The maximum absolute atomic E-state index is 8.70. The van der Waals surface area contributed by atoms with E-state index in [1.807, 2.05) is 12.1 Å². The Hall–Kier alpha value is -0.380. The number of aliphatic hydroxyl groups excluding tert-OH is 1. The van der Waals surface area contributed by atoms with Gasteiger partial charge in [-0.25, -0.2) is 0 Å². The molecule has 0 aliphatic carbocycles. The minimum absolute atomic E-state index is 0.148. The van der Waals surface area contributed by atoms with E-state index in [-0.39, 0.29) is 6.61 Å². The molecule has 0 aromatic carbocycles. The van der Waals surface area contributed by atoms with Gasteiger partial charge in [0.1, 0.15) is 0 Å². The smallest absolute Gasteiger partial charge is 0.0774 e. The summed E-state index contributed by atoms with van der Waals surface area (Å²) in [7, 11) is 0. The normalized spacial score (nSPS) is 10.2. The number of rotatable bonds is 3. The fourth-order valence-corrected chi connectivity index (χ4v) is 1.68. The van der Waals surface area contributed by atoms with Crippen molar-refractivity contribution in [3.05, 3.63) is 21.9 Å². The van der Waals surface area contributed by atoms with E-state index in [4.69, 9.17) is 10.8 Å². The van der Waals surface area contributed by atoms with E-state index in [0.717, 1.165) is 11.3 Å². The Labute approximate surface area is 64.3 Å². The van der Waals surface area contributed by atoms with Crippen LogP contribution in [0.25, 0.3) is 0 Å². The van der Waals surface area contributed by atoms with Crippen molar-refractivity contribution in [1.29, 1.82) is 0 Å². The molecule has 2 nitrogen and oxygen atoms in total. The molecule has 3 heteroatoms. The number of hydrogen-bond acceptors (Lipinski definition) is 3.